The molecule has 2 atom stereocenters. The van der Waals surface area contributed by atoms with E-state index >= 15 is 0 Å². The normalized spacial score (nSPS) is 41.0. The minimum atomic E-state index is 0.386. The van der Waals surface area contributed by atoms with Crippen LogP contribution in [0.5, 0.6) is 0 Å². The highest BCUT2D eigenvalue weighted by atomic mass is 32.1. The van der Waals surface area contributed by atoms with Crippen LogP contribution in [0.25, 0.3) is 10.2 Å². The van der Waals surface area contributed by atoms with E-state index in [4.69, 9.17) is 10.7 Å². The first-order valence-electron chi connectivity index (χ1n) is 8.20. The molecule has 2 aromatic rings. The number of thiazole rings is 1. The van der Waals surface area contributed by atoms with E-state index in [2.05, 4.69) is 19.1 Å². The second kappa shape index (κ2) is 3.81. The van der Waals surface area contributed by atoms with Crippen molar-refractivity contribution in [3.8, 4) is 0 Å². The van der Waals surface area contributed by atoms with Crippen LogP contribution in [0.1, 0.15) is 50.5 Å². The van der Waals surface area contributed by atoms with Crippen LogP contribution in [0.15, 0.2) is 18.2 Å². The molecule has 1 aromatic carbocycles. The quantitative estimate of drug-likeness (QED) is 0.773. The third-order valence-electron chi connectivity index (χ3n) is 6.22. The molecule has 4 aliphatic carbocycles. The lowest BCUT2D eigenvalue weighted by Crippen LogP contribution is -2.52. The Morgan fingerprint density at radius 3 is 2.67 bits per heavy atom. The molecule has 6 rings (SSSR count). The zero-order valence-corrected chi connectivity index (χ0v) is 13.4. The summed E-state index contributed by atoms with van der Waals surface area (Å²) in [5, 5.41) is 1.41. The number of hydrogen-bond donors (Lipinski definition) is 1. The first-order valence-corrected chi connectivity index (χ1v) is 9.02. The van der Waals surface area contributed by atoms with Crippen LogP contribution in [0.3, 0.4) is 0 Å². The van der Waals surface area contributed by atoms with Crippen molar-refractivity contribution in [2.45, 2.75) is 50.9 Å². The standard InChI is InChI=1S/C18H22N2S/c1-17-6-11-4-12(7-17)9-18(8-11,10-17)16-20-14-3-2-13(19)5-15(14)21-16/h2-3,5,11-12H,4,6-10,19H2,1H3. The zero-order chi connectivity index (χ0) is 14.2. The summed E-state index contributed by atoms with van der Waals surface area (Å²) in [7, 11) is 0. The lowest BCUT2D eigenvalue weighted by Gasteiger charge is -2.60. The van der Waals surface area contributed by atoms with Gasteiger partial charge in [0.1, 0.15) is 5.01 Å². The van der Waals surface area contributed by atoms with Gasteiger partial charge in [0.25, 0.3) is 0 Å². The van der Waals surface area contributed by atoms with E-state index in [9.17, 15) is 0 Å². The number of aromatic nitrogens is 1. The summed E-state index contributed by atoms with van der Waals surface area (Å²) in [4.78, 5) is 5.04. The molecular formula is C18H22N2S. The smallest absolute Gasteiger partial charge is 0.100 e. The molecule has 3 heteroatoms. The van der Waals surface area contributed by atoms with Gasteiger partial charge in [-0.15, -0.1) is 11.3 Å². The summed E-state index contributed by atoms with van der Waals surface area (Å²) in [6.45, 7) is 2.53. The Hall–Kier alpha value is -1.09. The molecule has 0 aliphatic heterocycles. The molecule has 1 aromatic heterocycles. The molecule has 0 amide bonds. The van der Waals surface area contributed by atoms with Gasteiger partial charge in [-0.1, -0.05) is 6.92 Å². The summed E-state index contributed by atoms with van der Waals surface area (Å²) < 4.78 is 1.27. The highest BCUT2D eigenvalue weighted by Crippen LogP contribution is 2.66. The van der Waals surface area contributed by atoms with Crippen LogP contribution >= 0.6 is 11.3 Å². The van der Waals surface area contributed by atoms with E-state index in [-0.39, 0.29) is 0 Å². The number of anilines is 1. The molecule has 1 heterocycles. The molecule has 110 valence electrons. The first-order chi connectivity index (χ1) is 10.0. The predicted molar refractivity (Wildman–Crippen MR) is 88.5 cm³/mol. The SMILES string of the molecule is CC12CC3CC(C1)CC(c1nc4ccc(N)cc4s1)(C3)C2. The van der Waals surface area contributed by atoms with E-state index in [1.165, 1.54) is 48.2 Å². The zero-order valence-electron chi connectivity index (χ0n) is 12.6. The lowest BCUT2D eigenvalue weighted by molar-refractivity contribution is -0.0615. The van der Waals surface area contributed by atoms with Gasteiger partial charge in [-0.3, -0.25) is 0 Å². The maximum absolute atomic E-state index is 5.94. The second-order valence-corrected chi connectivity index (χ2v) is 9.33. The number of hydrogen-bond acceptors (Lipinski definition) is 3. The van der Waals surface area contributed by atoms with Crippen LogP contribution in [0.4, 0.5) is 5.69 Å². The maximum Gasteiger partial charge on any atom is 0.100 e. The molecule has 4 aliphatic rings. The number of rotatable bonds is 1. The van der Waals surface area contributed by atoms with Crippen molar-refractivity contribution in [3.63, 3.8) is 0 Å². The van der Waals surface area contributed by atoms with Gasteiger partial charge in [-0.2, -0.15) is 0 Å². The molecular weight excluding hydrogens is 276 g/mol. The Balaban J connectivity index is 1.64. The maximum atomic E-state index is 5.94. The third kappa shape index (κ3) is 1.73. The van der Waals surface area contributed by atoms with Crippen LogP contribution < -0.4 is 5.73 Å². The van der Waals surface area contributed by atoms with Crippen molar-refractivity contribution in [2.24, 2.45) is 17.3 Å². The number of fused-ring (bicyclic) bond motifs is 1. The van der Waals surface area contributed by atoms with Crippen molar-refractivity contribution in [3.05, 3.63) is 23.2 Å². The molecule has 2 nitrogen and oxygen atoms in total. The molecule has 0 spiro atoms. The summed E-state index contributed by atoms with van der Waals surface area (Å²) in [5.74, 6) is 1.90. The second-order valence-electron chi connectivity index (χ2n) is 8.30. The van der Waals surface area contributed by atoms with Gasteiger partial charge < -0.3 is 5.73 Å². The third-order valence-corrected chi connectivity index (χ3v) is 7.48. The molecule has 2 unspecified atom stereocenters. The molecule has 0 saturated heterocycles. The number of nitrogens with zero attached hydrogens (tertiary/aromatic N) is 1. The summed E-state index contributed by atoms with van der Waals surface area (Å²) in [6.07, 6.45) is 8.53. The minimum Gasteiger partial charge on any atom is -0.399 e. The Morgan fingerprint density at radius 1 is 1.19 bits per heavy atom. The Kier molecular flexibility index (Phi) is 2.26. The lowest BCUT2D eigenvalue weighted by atomic mass is 9.45. The molecule has 4 bridgehead atoms. The Labute approximate surface area is 129 Å². The van der Waals surface area contributed by atoms with Gasteiger partial charge in [0.05, 0.1) is 10.2 Å². The van der Waals surface area contributed by atoms with Gasteiger partial charge in [0, 0.05) is 11.1 Å². The molecule has 2 N–H and O–H groups in total. The van der Waals surface area contributed by atoms with Crippen molar-refractivity contribution >= 4 is 27.2 Å². The monoisotopic (exact) mass is 298 g/mol. The van der Waals surface area contributed by atoms with E-state index in [0.717, 1.165) is 23.0 Å². The number of nitrogens with two attached hydrogens (primary N) is 1. The summed E-state index contributed by atoms with van der Waals surface area (Å²) in [6, 6.07) is 6.17. The van der Waals surface area contributed by atoms with E-state index in [1.54, 1.807) is 0 Å². The summed E-state index contributed by atoms with van der Waals surface area (Å²) >= 11 is 1.91. The highest BCUT2D eigenvalue weighted by molar-refractivity contribution is 7.18. The van der Waals surface area contributed by atoms with Crippen molar-refractivity contribution in [2.75, 3.05) is 5.73 Å². The minimum absolute atomic E-state index is 0.386. The van der Waals surface area contributed by atoms with Crippen molar-refractivity contribution in [1.29, 1.82) is 0 Å². The van der Waals surface area contributed by atoms with Gasteiger partial charge >= 0.3 is 0 Å². The van der Waals surface area contributed by atoms with Gasteiger partial charge in [-0.25, -0.2) is 4.98 Å². The predicted octanol–water partition coefficient (Wildman–Crippen LogP) is 4.74. The van der Waals surface area contributed by atoms with E-state index < -0.39 is 0 Å². The average molecular weight is 298 g/mol. The fourth-order valence-corrected chi connectivity index (χ4v) is 7.36. The molecule has 21 heavy (non-hydrogen) atoms. The first kappa shape index (κ1) is 12.5. The van der Waals surface area contributed by atoms with Crippen molar-refractivity contribution < 1.29 is 0 Å². The van der Waals surface area contributed by atoms with Gasteiger partial charge in [0.15, 0.2) is 0 Å². The number of benzene rings is 1. The molecule has 4 saturated carbocycles. The Bertz CT molecular complexity index is 718. The van der Waals surface area contributed by atoms with Gasteiger partial charge in [-0.05, 0) is 74.0 Å². The fraction of sp³-hybridized carbons (Fsp3) is 0.611. The largest absolute Gasteiger partial charge is 0.399 e. The van der Waals surface area contributed by atoms with Crippen LogP contribution in [-0.2, 0) is 5.41 Å². The van der Waals surface area contributed by atoms with E-state index in [0.29, 0.717) is 10.8 Å². The van der Waals surface area contributed by atoms with Crippen LogP contribution in [-0.4, -0.2) is 4.98 Å². The van der Waals surface area contributed by atoms with E-state index in [1.807, 2.05) is 17.4 Å². The molecule has 0 radical (unpaired) electrons. The summed E-state index contributed by atoms with van der Waals surface area (Å²) in [5.41, 5.74) is 8.91. The fourth-order valence-electron chi connectivity index (χ4n) is 6.14. The van der Waals surface area contributed by atoms with Gasteiger partial charge in [0.2, 0.25) is 0 Å². The topological polar surface area (TPSA) is 38.9 Å². The van der Waals surface area contributed by atoms with Crippen LogP contribution in [0.2, 0.25) is 0 Å². The number of nitrogen functional groups attached to an aromatic ring is 1. The van der Waals surface area contributed by atoms with Crippen LogP contribution in [0, 0.1) is 17.3 Å². The molecule has 4 fully saturated rings. The van der Waals surface area contributed by atoms with Crippen molar-refractivity contribution in [1.82, 2.24) is 4.98 Å². The Morgan fingerprint density at radius 2 is 1.95 bits per heavy atom. The average Bonchev–Trinajstić information content (AvgIpc) is 2.79. The highest BCUT2D eigenvalue weighted by Gasteiger charge is 2.57.